The number of Topliss-reactive ketones (excluding diaryl/α,β-unsaturated/α-hetero) is 1. The van der Waals surface area contributed by atoms with E-state index in [9.17, 15) is 4.79 Å². The lowest BCUT2D eigenvalue weighted by molar-refractivity contribution is 0.102. The van der Waals surface area contributed by atoms with Gasteiger partial charge in [-0.15, -0.1) is 10.2 Å². The molecule has 0 saturated heterocycles. The molecule has 0 aliphatic heterocycles. The number of nitrogens with zero attached hydrogens (tertiary/aromatic N) is 4. The Morgan fingerprint density at radius 3 is 2.84 bits per heavy atom. The predicted octanol–water partition coefficient (Wildman–Crippen LogP) is 3.51. The minimum absolute atomic E-state index is 0.0782. The van der Waals surface area contributed by atoms with Crippen LogP contribution in [0.2, 0.25) is 0 Å². The highest BCUT2D eigenvalue weighted by atomic mass is 32.2. The summed E-state index contributed by atoms with van der Waals surface area (Å²) in [6.07, 6.45) is 0. The molecule has 4 aromatic rings. The number of H-pyrrole nitrogens is 1. The molecule has 126 valence electrons. The van der Waals surface area contributed by atoms with Gasteiger partial charge in [-0.3, -0.25) is 9.20 Å². The molecule has 0 atom stereocenters. The first-order chi connectivity index (χ1) is 12.0. The number of carbonyl (C=O) groups is 1. The highest BCUT2D eigenvalue weighted by Gasteiger charge is 2.18. The number of hydrogen-bond donors (Lipinski definition) is 1. The van der Waals surface area contributed by atoms with Gasteiger partial charge < -0.3 is 4.98 Å². The number of rotatable bonds is 4. The number of nitrogens with one attached hydrogen (secondary N) is 1. The number of aromatic nitrogens is 5. The van der Waals surface area contributed by atoms with E-state index in [0.29, 0.717) is 10.9 Å². The molecule has 0 unspecified atom stereocenters. The minimum atomic E-state index is 0.0782. The van der Waals surface area contributed by atoms with E-state index in [1.165, 1.54) is 11.8 Å². The molecule has 0 bridgehead atoms. The van der Waals surface area contributed by atoms with Gasteiger partial charge in [-0.2, -0.15) is 0 Å². The van der Waals surface area contributed by atoms with Gasteiger partial charge in [0.05, 0.1) is 5.75 Å². The van der Waals surface area contributed by atoms with Crippen molar-refractivity contribution < 1.29 is 4.79 Å². The Morgan fingerprint density at radius 2 is 2.00 bits per heavy atom. The van der Waals surface area contributed by atoms with Crippen LogP contribution in [0.25, 0.3) is 16.6 Å². The van der Waals surface area contributed by atoms with Gasteiger partial charge in [0.15, 0.2) is 16.6 Å². The van der Waals surface area contributed by atoms with E-state index in [-0.39, 0.29) is 5.78 Å². The van der Waals surface area contributed by atoms with Crippen LogP contribution in [-0.4, -0.2) is 36.1 Å². The highest BCUT2D eigenvalue weighted by Crippen LogP contribution is 2.25. The Balaban J connectivity index is 1.63. The Labute approximate surface area is 148 Å². The number of carbonyl (C=O) groups excluding carboxylic acids is 1. The van der Waals surface area contributed by atoms with Gasteiger partial charge in [-0.05, 0) is 26.8 Å². The van der Waals surface area contributed by atoms with Gasteiger partial charge in [-0.25, -0.2) is 4.98 Å². The molecular formula is C18H17N5OS. The quantitative estimate of drug-likeness (QED) is 0.450. The Morgan fingerprint density at radius 1 is 1.20 bits per heavy atom. The zero-order valence-corrected chi connectivity index (χ0v) is 15.0. The van der Waals surface area contributed by atoms with E-state index in [0.717, 1.165) is 39.3 Å². The summed E-state index contributed by atoms with van der Waals surface area (Å²) in [6, 6.07) is 9.75. The zero-order chi connectivity index (χ0) is 17.6. The molecule has 0 amide bonds. The molecule has 1 aromatic carbocycles. The van der Waals surface area contributed by atoms with Crippen LogP contribution in [0.3, 0.4) is 0 Å². The first kappa shape index (κ1) is 15.8. The van der Waals surface area contributed by atoms with E-state index in [1.807, 2.05) is 55.5 Å². The van der Waals surface area contributed by atoms with Crippen LogP contribution >= 0.6 is 11.8 Å². The van der Waals surface area contributed by atoms with Crippen LogP contribution in [0.4, 0.5) is 0 Å². The van der Waals surface area contributed by atoms with E-state index in [4.69, 9.17) is 0 Å². The van der Waals surface area contributed by atoms with Gasteiger partial charge in [0.2, 0.25) is 0 Å². The van der Waals surface area contributed by atoms with Crippen molar-refractivity contribution in [1.29, 1.82) is 0 Å². The molecule has 0 radical (unpaired) electrons. The summed E-state index contributed by atoms with van der Waals surface area (Å²) in [7, 11) is 0. The minimum Gasteiger partial charge on any atom is -0.358 e. The predicted molar refractivity (Wildman–Crippen MR) is 98.3 cm³/mol. The van der Waals surface area contributed by atoms with Crippen LogP contribution in [0, 0.1) is 20.8 Å². The van der Waals surface area contributed by atoms with E-state index >= 15 is 0 Å². The Hall–Kier alpha value is -2.67. The molecule has 1 N–H and O–H groups in total. The average molecular weight is 351 g/mol. The molecule has 0 fully saturated rings. The van der Waals surface area contributed by atoms with Crippen molar-refractivity contribution in [1.82, 2.24) is 24.6 Å². The maximum absolute atomic E-state index is 12.8. The number of aromatic amines is 1. The number of thioether (sulfide) groups is 1. The van der Waals surface area contributed by atoms with Gasteiger partial charge in [0, 0.05) is 33.9 Å². The fraction of sp³-hybridized carbons (Fsp3) is 0.222. The molecule has 0 spiro atoms. The summed E-state index contributed by atoms with van der Waals surface area (Å²) in [6.45, 7) is 5.78. The molecule has 0 aliphatic rings. The van der Waals surface area contributed by atoms with E-state index < -0.39 is 0 Å². The average Bonchev–Trinajstić information content (AvgIpc) is 3.12. The van der Waals surface area contributed by atoms with E-state index in [1.54, 1.807) is 0 Å². The van der Waals surface area contributed by atoms with Crippen LogP contribution < -0.4 is 0 Å². The molecule has 7 heteroatoms. The number of ketones is 1. The third kappa shape index (κ3) is 2.70. The van der Waals surface area contributed by atoms with Gasteiger partial charge in [0.1, 0.15) is 5.82 Å². The fourth-order valence-electron chi connectivity index (χ4n) is 3.14. The van der Waals surface area contributed by atoms with Crippen LogP contribution in [0.1, 0.15) is 27.6 Å². The third-order valence-electron chi connectivity index (χ3n) is 4.16. The lowest BCUT2D eigenvalue weighted by Gasteiger charge is -2.04. The highest BCUT2D eigenvalue weighted by molar-refractivity contribution is 7.99. The lowest BCUT2D eigenvalue weighted by Crippen LogP contribution is -2.05. The molecule has 3 heterocycles. The van der Waals surface area contributed by atoms with Gasteiger partial charge in [-0.1, -0.05) is 30.0 Å². The first-order valence-electron chi connectivity index (χ1n) is 7.97. The molecule has 0 saturated carbocycles. The Bertz CT molecular complexity index is 1110. The van der Waals surface area contributed by atoms with Crippen molar-refractivity contribution >= 4 is 34.1 Å². The zero-order valence-electron chi connectivity index (χ0n) is 14.2. The SMILES string of the molecule is Cc1cc2nnc(SCC(=O)c3c(C)[nH]c4ccccc34)n2c(C)n1. The lowest BCUT2D eigenvalue weighted by atomic mass is 10.1. The number of fused-ring (bicyclic) bond motifs is 2. The first-order valence-corrected chi connectivity index (χ1v) is 8.96. The summed E-state index contributed by atoms with van der Waals surface area (Å²) < 4.78 is 1.88. The van der Waals surface area contributed by atoms with Gasteiger partial charge >= 0.3 is 0 Å². The van der Waals surface area contributed by atoms with E-state index in [2.05, 4.69) is 20.2 Å². The summed E-state index contributed by atoms with van der Waals surface area (Å²) in [4.78, 5) is 20.5. The van der Waals surface area contributed by atoms with Crippen molar-refractivity contribution in [3.63, 3.8) is 0 Å². The van der Waals surface area contributed by atoms with Gasteiger partial charge in [0.25, 0.3) is 0 Å². The second-order valence-corrected chi connectivity index (χ2v) is 6.95. The molecule has 4 rings (SSSR count). The molecule has 0 aliphatic carbocycles. The molecule has 6 nitrogen and oxygen atoms in total. The monoisotopic (exact) mass is 351 g/mol. The maximum Gasteiger partial charge on any atom is 0.197 e. The van der Waals surface area contributed by atoms with Crippen molar-refractivity contribution in [2.24, 2.45) is 0 Å². The number of aryl methyl sites for hydroxylation is 3. The number of hydrogen-bond acceptors (Lipinski definition) is 5. The fourth-order valence-corrected chi connectivity index (χ4v) is 3.99. The van der Waals surface area contributed by atoms with Crippen LogP contribution in [-0.2, 0) is 0 Å². The summed E-state index contributed by atoms with van der Waals surface area (Å²) in [5.74, 6) is 1.20. The number of benzene rings is 1. The van der Waals surface area contributed by atoms with Crippen molar-refractivity contribution in [2.75, 3.05) is 5.75 Å². The largest absolute Gasteiger partial charge is 0.358 e. The van der Waals surface area contributed by atoms with Crippen molar-refractivity contribution in [3.8, 4) is 0 Å². The summed E-state index contributed by atoms with van der Waals surface area (Å²) in [5, 5.41) is 10.0. The van der Waals surface area contributed by atoms with Crippen molar-refractivity contribution in [3.05, 3.63) is 53.1 Å². The van der Waals surface area contributed by atoms with Crippen molar-refractivity contribution in [2.45, 2.75) is 25.9 Å². The summed E-state index contributed by atoms with van der Waals surface area (Å²) in [5.41, 5.74) is 4.29. The molecular weight excluding hydrogens is 334 g/mol. The topological polar surface area (TPSA) is 75.9 Å². The van der Waals surface area contributed by atoms with Crippen LogP contribution in [0.15, 0.2) is 35.5 Å². The standard InChI is InChI=1S/C18H17N5OS/c1-10-8-16-21-22-18(23(16)12(3)19-10)25-9-15(24)17-11(2)20-14-7-5-4-6-13(14)17/h4-8,20H,9H2,1-3H3. The smallest absolute Gasteiger partial charge is 0.197 e. The molecule has 3 aromatic heterocycles. The number of para-hydroxylation sites is 1. The Kier molecular flexibility index (Phi) is 3.80. The second-order valence-electron chi connectivity index (χ2n) is 6.00. The second kappa shape index (κ2) is 6.00. The maximum atomic E-state index is 12.8. The summed E-state index contributed by atoms with van der Waals surface area (Å²) >= 11 is 1.39. The normalized spacial score (nSPS) is 11.5. The third-order valence-corrected chi connectivity index (χ3v) is 5.09. The molecule has 25 heavy (non-hydrogen) atoms. The van der Waals surface area contributed by atoms with Crippen LogP contribution in [0.5, 0.6) is 0 Å².